The van der Waals surface area contributed by atoms with Crippen molar-refractivity contribution in [3.8, 4) is 11.3 Å². The predicted molar refractivity (Wildman–Crippen MR) is 107 cm³/mol. The summed E-state index contributed by atoms with van der Waals surface area (Å²) in [6.45, 7) is 4.13. The van der Waals surface area contributed by atoms with Gasteiger partial charge in [-0.3, -0.25) is 0 Å². The van der Waals surface area contributed by atoms with Crippen molar-refractivity contribution in [3.63, 3.8) is 0 Å². The van der Waals surface area contributed by atoms with E-state index in [0.717, 1.165) is 53.8 Å². The van der Waals surface area contributed by atoms with Gasteiger partial charge in [0.15, 0.2) is 0 Å². The lowest BCUT2D eigenvalue weighted by Gasteiger charge is -2.15. The van der Waals surface area contributed by atoms with Crippen molar-refractivity contribution in [2.45, 2.75) is 50.6 Å². The number of anilines is 1. The number of nitrogens with two attached hydrogens (primary N) is 1. The molecule has 2 heterocycles. The number of aromatic nitrogens is 3. The van der Waals surface area contributed by atoms with Crippen LogP contribution in [0.2, 0.25) is 0 Å². The van der Waals surface area contributed by atoms with E-state index in [1.807, 2.05) is 25.1 Å². The summed E-state index contributed by atoms with van der Waals surface area (Å²) in [6.07, 6.45) is 3.81. The second kappa shape index (κ2) is 5.54. The Bertz CT molecular complexity index is 1130. The lowest BCUT2D eigenvalue weighted by molar-refractivity contribution is 0.0695. The Kier molecular flexibility index (Phi) is 3.40. The minimum Gasteiger partial charge on any atom is -0.478 e. The number of benzene rings is 1. The van der Waals surface area contributed by atoms with E-state index in [0.29, 0.717) is 11.4 Å². The maximum absolute atomic E-state index is 11.8. The third-order valence-electron chi connectivity index (χ3n) is 5.91. The summed E-state index contributed by atoms with van der Waals surface area (Å²) in [5, 5.41) is 13.1. The Morgan fingerprint density at radius 2 is 2.00 bits per heavy atom. The first-order valence-electron chi connectivity index (χ1n) is 9.60. The molecule has 7 heteroatoms. The average molecular weight is 377 g/mol. The first kappa shape index (κ1) is 17.2. The molecule has 0 saturated heterocycles. The maximum Gasteiger partial charge on any atom is 0.337 e. The van der Waals surface area contributed by atoms with Crippen molar-refractivity contribution in [1.29, 1.82) is 0 Å². The van der Waals surface area contributed by atoms with Crippen LogP contribution in [0.25, 0.3) is 22.3 Å². The number of aryl methyl sites for hydroxylation is 1. The van der Waals surface area contributed by atoms with Crippen LogP contribution in [0.15, 0.2) is 24.3 Å². The van der Waals surface area contributed by atoms with Crippen LogP contribution in [0, 0.1) is 6.92 Å². The van der Waals surface area contributed by atoms with Gasteiger partial charge in [0.25, 0.3) is 0 Å². The van der Waals surface area contributed by atoms with E-state index in [-0.39, 0.29) is 11.1 Å². The number of para-hydroxylation sites is 1. The van der Waals surface area contributed by atoms with Gasteiger partial charge in [0, 0.05) is 16.8 Å². The van der Waals surface area contributed by atoms with Gasteiger partial charge >= 0.3 is 5.97 Å². The van der Waals surface area contributed by atoms with Crippen molar-refractivity contribution in [2.24, 2.45) is 5.73 Å². The molecule has 144 valence electrons. The second-order valence-corrected chi connectivity index (χ2v) is 8.45. The Labute approximate surface area is 162 Å². The van der Waals surface area contributed by atoms with Gasteiger partial charge in [-0.1, -0.05) is 12.1 Å². The topological polar surface area (TPSA) is 117 Å². The molecule has 0 atom stereocenters. The highest BCUT2D eigenvalue weighted by molar-refractivity contribution is 5.96. The SMILES string of the molecule is Cc1nc2cccc(-c3cc(C(=O)O)c(C4(N)CC4)[nH]3)c2nc1NC1(C)CC1. The number of carboxylic acid groups (broad SMARTS) is 1. The van der Waals surface area contributed by atoms with E-state index in [4.69, 9.17) is 15.7 Å². The number of fused-ring (bicyclic) bond motifs is 1. The molecular weight excluding hydrogens is 354 g/mol. The van der Waals surface area contributed by atoms with Gasteiger partial charge in [-0.05, 0) is 51.7 Å². The fourth-order valence-corrected chi connectivity index (χ4v) is 3.65. The maximum atomic E-state index is 11.8. The van der Waals surface area contributed by atoms with Crippen molar-refractivity contribution >= 4 is 22.8 Å². The molecular formula is C21H23N5O2. The van der Waals surface area contributed by atoms with E-state index in [1.165, 1.54) is 0 Å². The van der Waals surface area contributed by atoms with Gasteiger partial charge in [0.2, 0.25) is 0 Å². The highest BCUT2D eigenvalue weighted by Gasteiger charge is 2.44. The second-order valence-electron chi connectivity index (χ2n) is 8.45. The molecule has 2 aliphatic carbocycles. The zero-order chi connectivity index (χ0) is 19.7. The lowest BCUT2D eigenvalue weighted by Crippen LogP contribution is -2.22. The molecule has 28 heavy (non-hydrogen) atoms. The monoisotopic (exact) mass is 377 g/mol. The highest BCUT2D eigenvalue weighted by atomic mass is 16.4. The Balaban J connectivity index is 1.66. The molecule has 2 aliphatic rings. The normalized spacial score (nSPS) is 18.8. The molecule has 0 aliphatic heterocycles. The quantitative estimate of drug-likeness (QED) is 0.540. The van der Waals surface area contributed by atoms with Crippen molar-refractivity contribution in [3.05, 3.63) is 41.2 Å². The molecule has 0 unspecified atom stereocenters. The number of carbonyl (C=O) groups is 1. The van der Waals surface area contributed by atoms with E-state index in [1.54, 1.807) is 6.07 Å². The molecule has 5 N–H and O–H groups in total. The zero-order valence-corrected chi connectivity index (χ0v) is 16.0. The van der Waals surface area contributed by atoms with Crippen molar-refractivity contribution in [1.82, 2.24) is 15.0 Å². The number of hydrogen-bond donors (Lipinski definition) is 4. The Morgan fingerprint density at radius 3 is 2.64 bits per heavy atom. The first-order valence-corrected chi connectivity index (χ1v) is 9.60. The van der Waals surface area contributed by atoms with Gasteiger partial charge in [-0.2, -0.15) is 0 Å². The fraction of sp³-hybridized carbons (Fsp3) is 0.381. The highest BCUT2D eigenvalue weighted by Crippen LogP contribution is 2.45. The van der Waals surface area contributed by atoms with Gasteiger partial charge in [-0.25, -0.2) is 14.8 Å². The van der Waals surface area contributed by atoms with Crippen LogP contribution in [0.1, 0.15) is 54.4 Å². The smallest absolute Gasteiger partial charge is 0.337 e. The third-order valence-corrected chi connectivity index (χ3v) is 5.91. The average Bonchev–Trinajstić information content (AvgIpc) is 3.52. The number of nitrogens with one attached hydrogen (secondary N) is 2. The van der Waals surface area contributed by atoms with Crippen molar-refractivity contribution < 1.29 is 9.90 Å². The van der Waals surface area contributed by atoms with Crippen LogP contribution in [-0.2, 0) is 5.54 Å². The van der Waals surface area contributed by atoms with Crippen molar-refractivity contribution in [2.75, 3.05) is 5.32 Å². The molecule has 2 aromatic heterocycles. The van der Waals surface area contributed by atoms with Crippen LogP contribution in [-0.4, -0.2) is 31.6 Å². The van der Waals surface area contributed by atoms with Crippen LogP contribution >= 0.6 is 0 Å². The molecule has 3 aromatic rings. The molecule has 1 aromatic carbocycles. The predicted octanol–water partition coefficient (Wildman–Crippen LogP) is 3.54. The number of hydrogen-bond acceptors (Lipinski definition) is 5. The molecule has 0 spiro atoms. The standard InChI is InChI=1S/C21H23N5O2/c1-11-18(26-20(2)6-7-20)25-16-12(4-3-5-14(16)23-11)15-10-13(19(27)28)17(24-15)21(22)8-9-21/h3-5,10,24H,6-9,22H2,1-2H3,(H,25,26)(H,27,28). The molecule has 0 bridgehead atoms. The summed E-state index contributed by atoms with van der Waals surface area (Å²) in [6, 6.07) is 7.44. The summed E-state index contributed by atoms with van der Waals surface area (Å²) in [7, 11) is 0. The van der Waals surface area contributed by atoms with E-state index in [2.05, 4.69) is 17.2 Å². The third kappa shape index (κ3) is 2.74. The molecule has 0 radical (unpaired) electrons. The van der Waals surface area contributed by atoms with Crippen LogP contribution < -0.4 is 11.1 Å². The lowest BCUT2D eigenvalue weighted by atomic mass is 10.1. The minimum atomic E-state index is -0.972. The fourth-order valence-electron chi connectivity index (χ4n) is 3.65. The number of rotatable bonds is 5. The van der Waals surface area contributed by atoms with Gasteiger partial charge in [0.1, 0.15) is 11.3 Å². The number of H-pyrrole nitrogens is 1. The summed E-state index contributed by atoms with van der Waals surface area (Å²) in [4.78, 5) is 24.6. The Hall–Kier alpha value is -2.93. The van der Waals surface area contributed by atoms with E-state index in [9.17, 15) is 9.90 Å². The molecule has 7 nitrogen and oxygen atoms in total. The number of nitrogens with zero attached hydrogens (tertiary/aromatic N) is 2. The largest absolute Gasteiger partial charge is 0.478 e. The summed E-state index contributed by atoms with van der Waals surface area (Å²) in [5.74, 6) is -0.192. The van der Waals surface area contributed by atoms with Crippen LogP contribution in [0.3, 0.4) is 0 Å². The summed E-state index contributed by atoms with van der Waals surface area (Å²) < 4.78 is 0. The summed E-state index contributed by atoms with van der Waals surface area (Å²) >= 11 is 0. The Morgan fingerprint density at radius 1 is 1.25 bits per heavy atom. The number of aromatic carboxylic acids is 1. The zero-order valence-electron chi connectivity index (χ0n) is 16.0. The van der Waals surface area contributed by atoms with E-state index >= 15 is 0 Å². The minimum absolute atomic E-state index is 0.0933. The number of aromatic amines is 1. The van der Waals surface area contributed by atoms with Crippen LogP contribution in [0.5, 0.6) is 0 Å². The van der Waals surface area contributed by atoms with Crippen LogP contribution in [0.4, 0.5) is 5.82 Å². The molecule has 2 fully saturated rings. The van der Waals surface area contributed by atoms with Gasteiger partial charge in [0.05, 0.1) is 28.0 Å². The summed E-state index contributed by atoms with van der Waals surface area (Å²) in [5.41, 5.74) is 10.6. The number of carboxylic acids is 1. The molecule has 5 rings (SSSR count). The first-order chi connectivity index (χ1) is 13.3. The molecule has 2 saturated carbocycles. The van der Waals surface area contributed by atoms with Gasteiger partial charge in [-0.15, -0.1) is 0 Å². The molecule has 0 amide bonds. The van der Waals surface area contributed by atoms with Gasteiger partial charge < -0.3 is 21.1 Å². The van der Waals surface area contributed by atoms with E-state index < -0.39 is 11.5 Å².